The number of carbonyl (C=O) groups excluding carboxylic acids is 1. The maximum Gasteiger partial charge on any atom is 0.251 e. The van der Waals surface area contributed by atoms with E-state index in [1.54, 1.807) is 24.4 Å². The van der Waals surface area contributed by atoms with E-state index in [0.717, 1.165) is 16.7 Å². The SMILES string of the molecule is Cc1cc(CNC(=O)c2ccc3cn[nH]c3c2)no1. The summed E-state index contributed by atoms with van der Waals surface area (Å²) < 4.78 is 4.94. The summed E-state index contributed by atoms with van der Waals surface area (Å²) in [5.74, 6) is 0.570. The van der Waals surface area contributed by atoms with Crippen LogP contribution in [-0.4, -0.2) is 21.3 Å². The van der Waals surface area contributed by atoms with E-state index in [0.29, 0.717) is 17.8 Å². The van der Waals surface area contributed by atoms with Crippen molar-refractivity contribution in [3.05, 3.63) is 47.5 Å². The molecule has 0 aliphatic carbocycles. The van der Waals surface area contributed by atoms with Crippen molar-refractivity contribution in [2.75, 3.05) is 0 Å². The Morgan fingerprint density at radius 3 is 3.11 bits per heavy atom. The molecule has 0 aliphatic rings. The second-order valence-electron chi connectivity index (χ2n) is 4.28. The van der Waals surface area contributed by atoms with Gasteiger partial charge in [-0.15, -0.1) is 0 Å². The van der Waals surface area contributed by atoms with E-state index in [2.05, 4.69) is 20.7 Å². The van der Waals surface area contributed by atoms with Crippen molar-refractivity contribution in [3.8, 4) is 0 Å². The molecule has 0 saturated carbocycles. The number of H-pyrrole nitrogens is 1. The molecule has 2 heterocycles. The summed E-state index contributed by atoms with van der Waals surface area (Å²) in [6.07, 6.45) is 1.72. The minimum Gasteiger partial charge on any atom is -0.361 e. The fraction of sp³-hybridized carbons (Fsp3) is 0.154. The van der Waals surface area contributed by atoms with Crippen LogP contribution in [0.25, 0.3) is 10.9 Å². The van der Waals surface area contributed by atoms with Gasteiger partial charge in [-0.05, 0) is 19.1 Å². The van der Waals surface area contributed by atoms with Gasteiger partial charge in [0.1, 0.15) is 11.5 Å². The third kappa shape index (κ3) is 2.33. The molecular weight excluding hydrogens is 244 g/mol. The molecule has 0 bridgehead atoms. The van der Waals surface area contributed by atoms with Gasteiger partial charge in [0.25, 0.3) is 5.91 Å². The second-order valence-corrected chi connectivity index (χ2v) is 4.28. The van der Waals surface area contributed by atoms with Gasteiger partial charge in [0.2, 0.25) is 0 Å². The summed E-state index contributed by atoms with van der Waals surface area (Å²) in [6, 6.07) is 7.18. The number of nitrogens with zero attached hydrogens (tertiary/aromatic N) is 2. The molecule has 0 saturated heterocycles. The van der Waals surface area contributed by atoms with Gasteiger partial charge in [0.05, 0.1) is 18.3 Å². The summed E-state index contributed by atoms with van der Waals surface area (Å²) in [5.41, 5.74) is 2.12. The standard InChI is InChI=1S/C13H12N4O2/c1-8-4-11(17-19-8)7-14-13(18)9-2-3-10-6-15-16-12(10)5-9/h2-6H,7H2,1H3,(H,14,18)(H,15,16). The van der Waals surface area contributed by atoms with Gasteiger partial charge in [-0.3, -0.25) is 9.89 Å². The van der Waals surface area contributed by atoms with Crippen LogP contribution in [0.4, 0.5) is 0 Å². The molecule has 6 nitrogen and oxygen atoms in total. The van der Waals surface area contributed by atoms with Gasteiger partial charge >= 0.3 is 0 Å². The fourth-order valence-corrected chi connectivity index (χ4v) is 1.85. The van der Waals surface area contributed by atoms with E-state index in [1.807, 2.05) is 13.0 Å². The van der Waals surface area contributed by atoms with Crippen molar-refractivity contribution in [1.29, 1.82) is 0 Å². The van der Waals surface area contributed by atoms with Gasteiger partial charge in [-0.2, -0.15) is 5.10 Å². The monoisotopic (exact) mass is 256 g/mol. The number of hydrogen-bond acceptors (Lipinski definition) is 4. The highest BCUT2D eigenvalue weighted by Crippen LogP contribution is 2.12. The summed E-state index contributed by atoms with van der Waals surface area (Å²) in [6.45, 7) is 2.15. The van der Waals surface area contributed by atoms with E-state index in [9.17, 15) is 4.79 Å². The molecule has 0 aliphatic heterocycles. The largest absolute Gasteiger partial charge is 0.361 e. The predicted octanol–water partition coefficient (Wildman–Crippen LogP) is 1.79. The van der Waals surface area contributed by atoms with E-state index >= 15 is 0 Å². The molecule has 19 heavy (non-hydrogen) atoms. The lowest BCUT2D eigenvalue weighted by molar-refractivity contribution is 0.0950. The molecule has 1 amide bonds. The first-order valence-electron chi connectivity index (χ1n) is 5.86. The van der Waals surface area contributed by atoms with Crippen molar-refractivity contribution < 1.29 is 9.32 Å². The first kappa shape index (κ1) is 11.5. The number of amides is 1. The van der Waals surface area contributed by atoms with Crippen LogP contribution in [0, 0.1) is 6.92 Å². The molecule has 96 valence electrons. The van der Waals surface area contributed by atoms with Crippen LogP contribution in [0.5, 0.6) is 0 Å². The van der Waals surface area contributed by atoms with Gasteiger partial charge in [-0.25, -0.2) is 0 Å². The van der Waals surface area contributed by atoms with Crippen LogP contribution < -0.4 is 5.32 Å². The van der Waals surface area contributed by atoms with Gasteiger partial charge in [0.15, 0.2) is 0 Å². The second kappa shape index (κ2) is 4.56. The molecular formula is C13H12N4O2. The molecule has 0 unspecified atom stereocenters. The lowest BCUT2D eigenvalue weighted by atomic mass is 10.1. The topological polar surface area (TPSA) is 83.8 Å². The van der Waals surface area contributed by atoms with E-state index < -0.39 is 0 Å². The Morgan fingerprint density at radius 1 is 1.42 bits per heavy atom. The third-order valence-electron chi connectivity index (χ3n) is 2.81. The van der Waals surface area contributed by atoms with E-state index in [4.69, 9.17) is 4.52 Å². The zero-order valence-corrected chi connectivity index (χ0v) is 10.3. The zero-order valence-electron chi connectivity index (χ0n) is 10.3. The average molecular weight is 256 g/mol. The number of carbonyl (C=O) groups is 1. The number of hydrogen-bond donors (Lipinski definition) is 2. The van der Waals surface area contributed by atoms with Crippen molar-refractivity contribution >= 4 is 16.8 Å². The Kier molecular flexibility index (Phi) is 2.75. The number of aryl methyl sites for hydroxylation is 1. The molecule has 1 aromatic carbocycles. The smallest absolute Gasteiger partial charge is 0.251 e. The highest BCUT2D eigenvalue weighted by atomic mass is 16.5. The summed E-state index contributed by atoms with van der Waals surface area (Å²) in [7, 11) is 0. The maximum absolute atomic E-state index is 12.0. The molecule has 3 rings (SSSR count). The van der Waals surface area contributed by atoms with Crippen LogP contribution in [-0.2, 0) is 6.54 Å². The third-order valence-corrected chi connectivity index (χ3v) is 2.81. The molecule has 2 aromatic heterocycles. The van der Waals surface area contributed by atoms with Crippen LogP contribution in [0.3, 0.4) is 0 Å². The number of aromatic nitrogens is 3. The Morgan fingerprint density at radius 2 is 2.32 bits per heavy atom. The number of rotatable bonds is 3. The number of nitrogens with one attached hydrogen (secondary N) is 2. The average Bonchev–Trinajstić information content (AvgIpc) is 3.03. The summed E-state index contributed by atoms with van der Waals surface area (Å²) in [5, 5.41) is 14.3. The first-order chi connectivity index (χ1) is 9.22. The van der Waals surface area contributed by atoms with Crippen LogP contribution in [0.15, 0.2) is 35.0 Å². The van der Waals surface area contributed by atoms with Crippen LogP contribution >= 0.6 is 0 Å². The molecule has 2 N–H and O–H groups in total. The highest BCUT2D eigenvalue weighted by molar-refractivity contribution is 5.97. The van der Waals surface area contributed by atoms with Crippen molar-refractivity contribution in [2.24, 2.45) is 0 Å². The molecule has 0 radical (unpaired) electrons. The zero-order chi connectivity index (χ0) is 13.2. The van der Waals surface area contributed by atoms with Crippen LogP contribution in [0.2, 0.25) is 0 Å². The van der Waals surface area contributed by atoms with E-state index in [1.165, 1.54) is 0 Å². The van der Waals surface area contributed by atoms with E-state index in [-0.39, 0.29) is 5.91 Å². The van der Waals surface area contributed by atoms with Crippen molar-refractivity contribution in [1.82, 2.24) is 20.7 Å². The predicted molar refractivity (Wildman–Crippen MR) is 68.5 cm³/mol. The maximum atomic E-state index is 12.0. The lowest BCUT2D eigenvalue weighted by Crippen LogP contribution is -2.22. The van der Waals surface area contributed by atoms with Gasteiger partial charge < -0.3 is 9.84 Å². The van der Waals surface area contributed by atoms with Crippen LogP contribution in [0.1, 0.15) is 21.8 Å². The molecule has 0 atom stereocenters. The lowest BCUT2D eigenvalue weighted by Gasteiger charge is -2.02. The fourth-order valence-electron chi connectivity index (χ4n) is 1.85. The Balaban J connectivity index is 1.72. The Labute approximate surface area is 108 Å². The Hall–Kier alpha value is -2.63. The Bertz CT molecular complexity index is 729. The first-order valence-corrected chi connectivity index (χ1v) is 5.86. The normalized spacial score (nSPS) is 10.8. The molecule has 6 heteroatoms. The molecule has 3 aromatic rings. The van der Waals surface area contributed by atoms with Crippen molar-refractivity contribution in [3.63, 3.8) is 0 Å². The summed E-state index contributed by atoms with van der Waals surface area (Å²) >= 11 is 0. The quantitative estimate of drug-likeness (QED) is 0.748. The molecule has 0 spiro atoms. The molecule has 0 fully saturated rings. The minimum atomic E-state index is -0.155. The number of benzene rings is 1. The number of aromatic amines is 1. The number of fused-ring (bicyclic) bond motifs is 1. The highest BCUT2D eigenvalue weighted by Gasteiger charge is 2.08. The van der Waals surface area contributed by atoms with Gasteiger partial charge in [0, 0.05) is 17.0 Å². The van der Waals surface area contributed by atoms with Gasteiger partial charge in [-0.1, -0.05) is 11.2 Å². The minimum absolute atomic E-state index is 0.155. The van der Waals surface area contributed by atoms with Crippen molar-refractivity contribution in [2.45, 2.75) is 13.5 Å². The summed E-state index contributed by atoms with van der Waals surface area (Å²) in [4.78, 5) is 12.0.